The lowest BCUT2D eigenvalue weighted by Crippen LogP contribution is -2.19. The first-order valence-corrected chi connectivity index (χ1v) is 5.61. The van der Waals surface area contributed by atoms with Crippen molar-refractivity contribution < 1.29 is 9.84 Å². The molecule has 2 unspecified atom stereocenters. The zero-order chi connectivity index (χ0) is 11.4. The van der Waals surface area contributed by atoms with Crippen LogP contribution in [-0.4, -0.2) is 18.8 Å². The fourth-order valence-corrected chi connectivity index (χ4v) is 1.70. The Hall–Kier alpha value is -0.580. The van der Waals surface area contributed by atoms with Crippen LogP contribution in [0.25, 0.3) is 0 Å². The molecule has 0 spiro atoms. The molecule has 1 aromatic carbocycles. The third kappa shape index (κ3) is 2.93. The molecule has 4 heteroatoms. The summed E-state index contributed by atoms with van der Waals surface area (Å²) >= 11 is 3.35. The molecule has 1 rings (SSSR count). The van der Waals surface area contributed by atoms with Gasteiger partial charge >= 0.3 is 0 Å². The molecule has 3 nitrogen and oxygen atoms in total. The SMILES string of the molecule is COc1cc(Br)ccc1C(O)C(C)CN. The number of ether oxygens (including phenoxy) is 1. The third-order valence-corrected chi connectivity index (χ3v) is 2.92. The zero-order valence-corrected chi connectivity index (χ0v) is 10.5. The highest BCUT2D eigenvalue weighted by molar-refractivity contribution is 9.10. The van der Waals surface area contributed by atoms with E-state index in [9.17, 15) is 5.11 Å². The van der Waals surface area contributed by atoms with Crippen LogP contribution in [0.2, 0.25) is 0 Å². The molecule has 0 aromatic heterocycles. The summed E-state index contributed by atoms with van der Waals surface area (Å²) in [5, 5.41) is 10.0. The molecule has 0 radical (unpaired) electrons. The van der Waals surface area contributed by atoms with Gasteiger partial charge in [-0.15, -0.1) is 0 Å². The van der Waals surface area contributed by atoms with Crippen LogP contribution in [0.4, 0.5) is 0 Å². The number of hydrogen-bond acceptors (Lipinski definition) is 3. The fourth-order valence-electron chi connectivity index (χ4n) is 1.36. The Morgan fingerprint density at radius 3 is 2.73 bits per heavy atom. The predicted molar refractivity (Wildman–Crippen MR) is 63.9 cm³/mol. The van der Waals surface area contributed by atoms with E-state index in [4.69, 9.17) is 10.5 Å². The maximum Gasteiger partial charge on any atom is 0.125 e. The lowest BCUT2D eigenvalue weighted by atomic mass is 9.97. The lowest BCUT2D eigenvalue weighted by molar-refractivity contribution is 0.118. The molecule has 0 saturated carbocycles. The first-order valence-electron chi connectivity index (χ1n) is 4.81. The number of methoxy groups -OCH3 is 1. The summed E-state index contributed by atoms with van der Waals surface area (Å²) in [7, 11) is 1.59. The van der Waals surface area contributed by atoms with Gasteiger partial charge in [-0.25, -0.2) is 0 Å². The van der Waals surface area contributed by atoms with Crippen LogP contribution in [0.15, 0.2) is 22.7 Å². The Kier molecular flexibility index (Phi) is 4.57. The number of aliphatic hydroxyl groups excluding tert-OH is 1. The maximum atomic E-state index is 10.0. The van der Waals surface area contributed by atoms with Crippen molar-refractivity contribution in [3.8, 4) is 5.75 Å². The zero-order valence-electron chi connectivity index (χ0n) is 8.90. The van der Waals surface area contributed by atoms with Crippen LogP contribution in [-0.2, 0) is 0 Å². The molecule has 0 bridgehead atoms. The highest BCUT2D eigenvalue weighted by Crippen LogP contribution is 2.31. The number of benzene rings is 1. The van der Waals surface area contributed by atoms with Crippen LogP contribution >= 0.6 is 15.9 Å². The molecule has 0 aliphatic heterocycles. The third-order valence-electron chi connectivity index (χ3n) is 2.42. The van der Waals surface area contributed by atoms with E-state index in [1.807, 2.05) is 25.1 Å². The van der Waals surface area contributed by atoms with Gasteiger partial charge in [-0.05, 0) is 24.6 Å². The van der Waals surface area contributed by atoms with E-state index < -0.39 is 6.10 Å². The second-order valence-electron chi connectivity index (χ2n) is 3.54. The van der Waals surface area contributed by atoms with Gasteiger partial charge in [-0.1, -0.05) is 28.9 Å². The average Bonchev–Trinajstić information content (AvgIpc) is 2.26. The number of hydrogen-bond donors (Lipinski definition) is 2. The Balaban J connectivity index is 3.02. The van der Waals surface area contributed by atoms with Crippen molar-refractivity contribution in [1.29, 1.82) is 0 Å². The molecule has 0 amide bonds. The normalized spacial score (nSPS) is 14.7. The molecule has 15 heavy (non-hydrogen) atoms. The molecule has 0 saturated heterocycles. The van der Waals surface area contributed by atoms with Crippen molar-refractivity contribution in [3.05, 3.63) is 28.2 Å². The molecule has 0 fully saturated rings. The van der Waals surface area contributed by atoms with Crippen LogP contribution in [0.1, 0.15) is 18.6 Å². The van der Waals surface area contributed by atoms with Crippen molar-refractivity contribution in [1.82, 2.24) is 0 Å². The second kappa shape index (κ2) is 5.49. The Bertz CT molecular complexity index is 330. The Labute approximate surface area is 98.4 Å². The molecule has 1 aromatic rings. The van der Waals surface area contributed by atoms with Gasteiger partial charge in [0.05, 0.1) is 13.2 Å². The van der Waals surface area contributed by atoms with Gasteiger partial charge in [-0.3, -0.25) is 0 Å². The maximum absolute atomic E-state index is 10.0. The van der Waals surface area contributed by atoms with Crippen molar-refractivity contribution in [2.45, 2.75) is 13.0 Å². The number of nitrogens with two attached hydrogens (primary N) is 1. The van der Waals surface area contributed by atoms with Crippen LogP contribution in [0.5, 0.6) is 5.75 Å². The summed E-state index contributed by atoms with van der Waals surface area (Å²) in [4.78, 5) is 0. The highest BCUT2D eigenvalue weighted by atomic mass is 79.9. The van der Waals surface area contributed by atoms with Gasteiger partial charge in [0.1, 0.15) is 5.75 Å². The summed E-state index contributed by atoms with van der Waals surface area (Å²) in [6, 6.07) is 5.56. The summed E-state index contributed by atoms with van der Waals surface area (Å²) in [5.41, 5.74) is 6.30. The summed E-state index contributed by atoms with van der Waals surface area (Å²) < 4.78 is 6.14. The van der Waals surface area contributed by atoms with E-state index in [1.165, 1.54) is 0 Å². The summed E-state index contributed by atoms with van der Waals surface area (Å²) in [5.74, 6) is 0.692. The number of aliphatic hydroxyl groups is 1. The van der Waals surface area contributed by atoms with Crippen molar-refractivity contribution >= 4 is 15.9 Å². The van der Waals surface area contributed by atoms with Gasteiger partial charge in [0.15, 0.2) is 0 Å². The molecule has 3 N–H and O–H groups in total. The number of rotatable bonds is 4. The topological polar surface area (TPSA) is 55.5 Å². The van der Waals surface area contributed by atoms with Crippen molar-refractivity contribution in [2.24, 2.45) is 11.7 Å². The van der Waals surface area contributed by atoms with Gasteiger partial charge in [0, 0.05) is 10.0 Å². The Morgan fingerprint density at radius 1 is 1.53 bits per heavy atom. The largest absolute Gasteiger partial charge is 0.496 e. The average molecular weight is 274 g/mol. The van der Waals surface area contributed by atoms with E-state index in [2.05, 4.69) is 15.9 Å². The second-order valence-corrected chi connectivity index (χ2v) is 4.46. The van der Waals surface area contributed by atoms with Gasteiger partial charge < -0.3 is 15.6 Å². The predicted octanol–water partition coefficient (Wildman–Crippen LogP) is 2.09. The minimum Gasteiger partial charge on any atom is -0.496 e. The van der Waals surface area contributed by atoms with Crippen molar-refractivity contribution in [3.63, 3.8) is 0 Å². The summed E-state index contributed by atoms with van der Waals surface area (Å²) in [6.45, 7) is 2.35. The van der Waals surface area contributed by atoms with Crippen LogP contribution in [0, 0.1) is 5.92 Å². The minimum absolute atomic E-state index is 0.0140. The van der Waals surface area contributed by atoms with Gasteiger partial charge in [0.2, 0.25) is 0 Å². The molecule has 0 heterocycles. The van der Waals surface area contributed by atoms with Crippen LogP contribution in [0.3, 0.4) is 0 Å². The quantitative estimate of drug-likeness (QED) is 0.883. The van der Waals surface area contributed by atoms with E-state index in [1.54, 1.807) is 7.11 Å². The van der Waals surface area contributed by atoms with E-state index in [-0.39, 0.29) is 5.92 Å². The minimum atomic E-state index is -0.585. The monoisotopic (exact) mass is 273 g/mol. The van der Waals surface area contributed by atoms with Crippen molar-refractivity contribution in [2.75, 3.05) is 13.7 Å². The first kappa shape index (κ1) is 12.5. The van der Waals surface area contributed by atoms with E-state index in [0.29, 0.717) is 12.3 Å². The van der Waals surface area contributed by atoms with Gasteiger partial charge in [-0.2, -0.15) is 0 Å². The van der Waals surface area contributed by atoms with E-state index >= 15 is 0 Å². The summed E-state index contributed by atoms with van der Waals surface area (Å²) in [6.07, 6.45) is -0.585. The van der Waals surface area contributed by atoms with Crippen LogP contribution < -0.4 is 10.5 Å². The highest BCUT2D eigenvalue weighted by Gasteiger charge is 2.18. The molecule has 0 aliphatic carbocycles. The lowest BCUT2D eigenvalue weighted by Gasteiger charge is -2.19. The molecule has 0 aliphatic rings. The molecule has 84 valence electrons. The number of halogens is 1. The standard InChI is InChI=1S/C11H16BrNO2/c1-7(6-13)11(14)9-4-3-8(12)5-10(9)15-2/h3-5,7,11,14H,6,13H2,1-2H3. The first-order chi connectivity index (χ1) is 7.10. The van der Waals surface area contributed by atoms with Gasteiger partial charge in [0.25, 0.3) is 0 Å². The smallest absolute Gasteiger partial charge is 0.125 e. The Morgan fingerprint density at radius 2 is 2.20 bits per heavy atom. The fraction of sp³-hybridized carbons (Fsp3) is 0.455. The molecular formula is C11H16BrNO2. The molecule has 2 atom stereocenters. The molecular weight excluding hydrogens is 258 g/mol. The van der Waals surface area contributed by atoms with E-state index in [0.717, 1.165) is 10.0 Å².